The highest BCUT2D eigenvalue weighted by atomic mass is 16.5. The molecule has 0 atom stereocenters. The molecule has 0 spiro atoms. The minimum absolute atomic E-state index is 0.475. The third-order valence-corrected chi connectivity index (χ3v) is 2.62. The van der Waals surface area contributed by atoms with E-state index in [2.05, 4.69) is 23.1 Å². The van der Waals surface area contributed by atoms with Crippen LogP contribution in [0, 0.1) is 11.3 Å². The predicted molar refractivity (Wildman–Crippen MR) is 72.7 cm³/mol. The van der Waals surface area contributed by atoms with Gasteiger partial charge in [-0.3, -0.25) is 4.90 Å². The van der Waals surface area contributed by atoms with Gasteiger partial charge in [0, 0.05) is 6.54 Å². The molecule has 3 nitrogen and oxygen atoms in total. The van der Waals surface area contributed by atoms with E-state index < -0.39 is 0 Å². The van der Waals surface area contributed by atoms with Crippen molar-refractivity contribution in [3.05, 3.63) is 48.2 Å². The average molecular weight is 244 g/mol. The summed E-state index contributed by atoms with van der Waals surface area (Å²) >= 11 is 0. The maximum Gasteiger partial charge on any atom is 0.0868 e. The van der Waals surface area contributed by atoms with Gasteiger partial charge in [-0.1, -0.05) is 30.3 Å². The Hall–Kier alpha value is -1.79. The van der Waals surface area contributed by atoms with Crippen LogP contribution < -0.4 is 0 Å². The molecule has 0 unspecified atom stereocenters. The summed E-state index contributed by atoms with van der Waals surface area (Å²) in [6.45, 7) is 2.24. The molecule has 0 heterocycles. The van der Waals surface area contributed by atoms with Gasteiger partial charge in [0.05, 0.1) is 26.0 Å². The number of nitrogens with zero attached hydrogens (tertiary/aromatic N) is 2. The highest BCUT2D eigenvalue weighted by Gasteiger charge is 2.04. The molecular formula is C15H20N2O. The Kier molecular flexibility index (Phi) is 7.34. The van der Waals surface area contributed by atoms with E-state index in [1.54, 1.807) is 13.4 Å². The van der Waals surface area contributed by atoms with E-state index >= 15 is 0 Å². The summed E-state index contributed by atoms with van der Waals surface area (Å²) in [6, 6.07) is 12.5. The van der Waals surface area contributed by atoms with Crippen LogP contribution in [-0.4, -0.2) is 25.1 Å². The van der Waals surface area contributed by atoms with Crippen molar-refractivity contribution in [3.63, 3.8) is 0 Å². The SMILES string of the molecule is CO/C=C/CCCN(CC#N)Cc1ccccc1. The topological polar surface area (TPSA) is 36.3 Å². The molecule has 0 bridgehead atoms. The Morgan fingerprint density at radius 1 is 1.33 bits per heavy atom. The van der Waals surface area contributed by atoms with Crippen LogP contribution >= 0.6 is 0 Å². The van der Waals surface area contributed by atoms with Gasteiger partial charge in [-0.15, -0.1) is 0 Å². The van der Waals surface area contributed by atoms with Crippen molar-refractivity contribution >= 4 is 0 Å². The van der Waals surface area contributed by atoms with E-state index in [1.165, 1.54) is 5.56 Å². The lowest BCUT2D eigenvalue weighted by atomic mass is 10.2. The van der Waals surface area contributed by atoms with E-state index in [1.807, 2.05) is 24.3 Å². The molecule has 0 aromatic heterocycles. The predicted octanol–water partition coefficient (Wildman–Crippen LogP) is 2.95. The van der Waals surface area contributed by atoms with Crippen molar-refractivity contribution in [2.75, 3.05) is 20.2 Å². The Morgan fingerprint density at radius 2 is 2.11 bits per heavy atom. The molecule has 96 valence electrons. The molecule has 0 N–H and O–H groups in total. The fourth-order valence-electron chi connectivity index (χ4n) is 1.75. The molecule has 0 aliphatic carbocycles. The Labute approximate surface area is 109 Å². The zero-order valence-corrected chi connectivity index (χ0v) is 10.9. The van der Waals surface area contributed by atoms with E-state index in [4.69, 9.17) is 10.00 Å². The molecule has 1 aromatic carbocycles. The van der Waals surface area contributed by atoms with E-state index in [-0.39, 0.29) is 0 Å². The highest BCUT2D eigenvalue weighted by Crippen LogP contribution is 2.05. The second-order valence-electron chi connectivity index (χ2n) is 4.10. The van der Waals surface area contributed by atoms with Gasteiger partial charge in [-0.25, -0.2) is 0 Å². The molecular weight excluding hydrogens is 224 g/mol. The summed E-state index contributed by atoms with van der Waals surface area (Å²) < 4.78 is 4.85. The van der Waals surface area contributed by atoms with Gasteiger partial charge >= 0.3 is 0 Å². The number of nitriles is 1. The van der Waals surface area contributed by atoms with Gasteiger partial charge in [0.2, 0.25) is 0 Å². The molecule has 0 fully saturated rings. The number of benzene rings is 1. The van der Waals surface area contributed by atoms with Gasteiger partial charge in [0.25, 0.3) is 0 Å². The lowest BCUT2D eigenvalue weighted by Crippen LogP contribution is -2.24. The number of unbranched alkanes of at least 4 members (excludes halogenated alkanes) is 1. The van der Waals surface area contributed by atoms with Gasteiger partial charge < -0.3 is 4.74 Å². The molecule has 1 rings (SSSR count). The van der Waals surface area contributed by atoms with Crippen molar-refractivity contribution < 1.29 is 4.74 Å². The Morgan fingerprint density at radius 3 is 2.78 bits per heavy atom. The maximum absolute atomic E-state index is 8.83. The van der Waals surface area contributed by atoms with Crippen LogP contribution in [0.3, 0.4) is 0 Å². The summed E-state index contributed by atoms with van der Waals surface area (Å²) in [4.78, 5) is 2.16. The second kappa shape index (κ2) is 9.26. The molecule has 18 heavy (non-hydrogen) atoms. The first kappa shape index (κ1) is 14.3. The summed E-state index contributed by atoms with van der Waals surface area (Å²) in [5.74, 6) is 0. The fourth-order valence-corrected chi connectivity index (χ4v) is 1.75. The van der Waals surface area contributed by atoms with Gasteiger partial charge in [-0.2, -0.15) is 5.26 Å². The second-order valence-corrected chi connectivity index (χ2v) is 4.10. The van der Waals surface area contributed by atoms with Crippen LogP contribution in [0.15, 0.2) is 42.7 Å². The lowest BCUT2D eigenvalue weighted by molar-refractivity contribution is 0.293. The van der Waals surface area contributed by atoms with Crippen LogP contribution in [0.25, 0.3) is 0 Å². The zero-order chi connectivity index (χ0) is 13.1. The minimum Gasteiger partial charge on any atom is -0.505 e. The van der Waals surface area contributed by atoms with E-state index in [9.17, 15) is 0 Å². The van der Waals surface area contributed by atoms with Crippen molar-refractivity contribution in [2.24, 2.45) is 0 Å². The molecule has 1 aromatic rings. The van der Waals surface area contributed by atoms with Gasteiger partial charge in [0.1, 0.15) is 0 Å². The molecule has 0 saturated heterocycles. The molecule has 0 amide bonds. The van der Waals surface area contributed by atoms with Crippen molar-refractivity contribution in [1.82, 2.24) is 4.90 Å². The average Bonchev–Trinajstić information content (AvgIpc) is 2.40. The summed E-state index contributed by atoms with van der Waals surface area (Å²) in [6.07, 6.45) is 5.72. The third kappa shape index (κ3) is 6.07. The van der Waals surface area contributed by atoms with E-state index in [0.29, 0.717) is 6.54 Å². The first-order valence-corrected chi connectivity index (χ1v) is 6.18. The molecule has 0 aliphatic rings. The highest BCUT2D eigenvalue weighted by molar-refractivity contribution is 5.14. The van der Waals surface area contributed by atoms with Crippen LogP contribution in [0.2, 0.25) is 0 Å². The van der Waals surface area contributed by atoms with E-state index in [0.717, 1.165) is 25.9 Å². The largest absolute Gasteiger partial charge is 0.505 e. The number of hydrogen-bond donors (Lipinski definition) is 0. The number of methoxy groups -OCH3 is 1. The summed E-state index contributed by atoms with van der Waals surface area (Å²) in [7, 11) is 1.65. The fraction of sp³-hybridized carbons (Fsp3) is 0.400. The monoisotopic (exact) mass is 244 g/mol. The van der Waals surface area contributed by atoms with Crippen LogP contribution in [0.5, 0.6) is 0 Å². The first-order valence-electron chi connectivity index (χ1n) is 6.18. The Bertz CT molecular complexity index is 381. The van der Waals surface area contributed by atoms with Crippen LogP contribution in [0.1, 0.15) is 18.4 Å². The quantitative estimate of drug-likeness (QED) is 0.401. The zero-order valence-electron chi connectivity index (χ0n) is 10.9. The number of rotatable bonds is 8. The van der Waals surface area contributed by atoms with Crippen LogP contribution in [-0.2, 0) is 11.3 Å². The summed E-state index contributed by atoms with van der Waals surface area (Å²) in [5, 5.41) is 8.83. The molecule has 0 aliphatic heterocycles. The normalized spacial score (nSPS) is 10.7. The third-order valence-electron chi connectivity index (χ3n) is 2.62. The molecule has 3 heteroatoms. The molecule has 0 saturated carbocycles. The first-order chi connectivity index (χ1) is 8.86. The Balaban J connectivity index is 2.36. The number of ether oxygens (including phenoxy) is 1. The van der Waals surface area contributed by atoms with Gasteiger partial charge in [0.15, 0.2) is 0 Å². The maximum atomic E-state index is 8.83. The van der Waals surface area contributed by atoms with Crippen molar-refractivity contribution in [3.8, 4) is 6.07 Å². The number of hydrogen-bond acceptors (Lipinski definition) is 3. The van der Waals surface area contributed by atoms with Crippen molar-refractivity contribution in [1.29, 1.82) is 5.26 Å². The smallest absolute Gasteiger partial charge is 0.0868 e. The number of allylic oxidation sites excluding steroid dienone is 1. The lowest BCUT2D eigenvalue weighted by Gasteiger charge is -2.18. The minimum atomic E-state index is 0.475. The standard InChI is InChI=1S/C15H20N2O/c1-18-13-7-3-6-11-17(12-10-16)14-15-8-4-2-5-9-15/h2,4-5,7-9,13H,3,6,11-12,14H2,1H3/b13-7+. The van der Waals surface area contributed by atoms with Crippen molar-refractivity contribution in [2.45, 2.75) is 19.4 Å². The van der Waals surface area contributed by atoms with Gasteiger partial charge in [-0.05, 0) is 31.0 Å². The summed E-state index contributed by atoms with van der Waals surface area (Å²) in [5.41, 5.74) is 1.25. The van der Waals surface area contributed by atoms with Crippen LogP contribution in [0.4, 0.5) is 0 Å². The molecule has 0 radical (unpaired) electrons.